The van der Waals surface area contributed by atoms with Crippen molar-refractivity contribution < 1.29 is 9.13 Å². The predicted molar refractivity (Wildman–Crippen MR) is 77.2 cm³/mol. The molecule has 0 atom stereocenters. The first-order valence-corrected chi connectivity index (χ1v) is 7.02. The fraction of sp³-hybridized carbons (Fsp3) is 0.333. The Morgan fingerprint density at radius 3 is 2.63 bits per heavy atom. The number of halogens is 1. The normalized spacial score (nSPS) is 11.0. The molecule has 1 aromatic heterocycles. The van der Waals surface area contributed by atoms with Crippen molar-refractivity contribution in [2.45, 2.75) is 20.0 Å². The van der Waals surface area contributed by atoms with Gasteiger partial charge in [0.05, 0.1) is 7.11 Å². The van der Waals surface area contributed by atoms with Crippen molar-refractivity contribution in [3.05, 3.63) is 51.5 Å². The van der Waals surface area contributed by atoms with Gasteiger partial charge in [-0.15, -0.1) is 11.3 Å². The lowest BCUT2D eigenvalue weighted by Crippen LogP contribution is -2.17. The SMILES string of the molecule is COc1ccc(CN(C)Cc2sccc2C)cc1F. The molecule has 102 valence electrons. The summed E-state index contributed by atoms with van der Waals surface area (Å²) in [6.45, 7) is 3.72. The van der Waals surface area contributed by atoms with E-state index in [-0.39, 0.29) is 5.82 Å². The van der Waals surface area contributed by atoms with Crippen LogP contribution in [0.2, 0.25) is 0 Å². The Morgan fingerprint density at radius 2 is 2.05 bits per heavy atom. The van der Waals surface area contributed by atoms with Gasteiger partial charge in [-0.05, 0) is 48.7 Å². The smallest absolute Gasteiger partial charge is 0.165 e. The zero-order chi connectivity index (χ0) is 13.8. The molecule has 0 saturated carbocycles. The van der Waals surface area contributed by atoms with Gasteiger partial charge in [0.2, 0.25) is 0 Å². The molecule has 0 aliphatic carbocycles. The Bertz CT molecular complexity index is 553. The number of aryl methyl sites for hydroxylation is 1. The number of nitrogens with zero attached hydrogens (tertiary/aromatic N) is 1. The molecule has 0 N–H and O–H groups in total. The Balaban J connectivity index is 2.01. The minimum absolute atomic E-state index is 0.292. The summed E-state index contributed by atoms with van der Waals surface area (Å²) < 4.78 is 18.5. The van der Waals surface area contributed by atoms with Crippen LogP contribution in [0.1, 0.15) is 16.0 Å². The van der Waals surface area contributed by atoms with E-state index in [1.807, 2.05) is 13.1 Å². The second kappa shape index (κ2) is 6.17. The first kappa shape index (κ1) is 14.0. The van der Waals surface area contributed by atoms with Crippen LogP contribution < -0.4 is 4.74 Å². The average Bonchev–Trinajstić information content (AvgIpc) is 2.75. The molecular formula is C15H18FNOS. The minimum Gasteiger partial charge on any atom is -0.494 e. The molecule has 0 amide bonds. The van der Waals surface area contributed by atoms with Crippen molar-refractivity contribution in [3.8, 4) is 5.75 Å². The topological polar surface area (TPSA) is 12.5 Å². The highest BCUT2D eigenvalue weighted by Gasteiger charge is 2.08. The molecule has 4 heteroatoms. The summed E-state index contributed by atoms with van der Waals surface area (Å²) in [6, 6.07) is 7.24. The first-order valence-electron chi connectivity index (χ1n) is 6.14. The van der Waals surface area contributed by atoms with Gasteiger partial charge < -0.3 is 4.74 Å². The summed E-state index contributed by atoms with van der Waals surface area (Å²) in [5.41, 5.74) is 2.27. The van der Waals surface area contributed by atoms with E-state index in [0.717, 1.165) is 18.7 Å². The van der Waals surface area contributed by atoms with Gasteiger partial charge in [-0.3, -0.25) is 4.90 Å². The van der Waals surface area contributed by atoms with Crippen LogP contribution in [-0.2, 0) is 13.1 Å². The lowest BCUT2D eigenvalue weighted by molar-refractivity contribution is 0.320. The zero-order valence-corrected chi connectivity index (χ0v) is 12.3. The monoisotopic (exact) mass is 279 g/mol. The van der Waals surface area contributed by atoms with Crippen molar-refractivity contribution in [2.75, 3.05) is 14.2 Å². The zero-order valence-electron chi connectivity index (χ0n) is 11.4. The fourth-order valence-corrected chi connectivity index (χ4v) is 2.97. The van der Waals surface area contributed by atoms with E-state index >= 15 is 0 Å². The van der Waals surface area contributed by atoms with Crippen LogP contribution in [0.5, 0.6) is 5.75 Å². The Morgan fingerprint density at radius 1 is 1.26 bits per heavy atom. The maximum absolute atomic E-state index is 13.6. The van der Waals surface area contributed by atoms with Crippen LogP contribution in [0.3, 0.4) is 0 Å². The van der Waals surface area contributed by atoms with E-state index < -0.39 is 0 Å². The van der Waals surface area contributed by atoms with Crippen LogP contribution in [0.4, 0.5) is 4.39 Å². The van der Waals surface area contributed by atoms with E-state index in [4.69, 9.17) is 4.74 Å². The lowest BCUT2D eigenvalue weighted by Gasteiger charge is -2.16. The molecule has 0 fully saturated rings. The third-order valence-corrected chi connectivity index (χ3v) is 4.06. The van der Waals surface area contributed by atoms with Gasteiger partial charge in [0.1, 0.15) is 0 Å². The number of benzene rings is 1. The minimum atomic E-state index is -0.305. The van der Waals surface area contributed by atoms with Crippen LogP contribution >= 0.6 is 11.3 Å². The van der Waals surface area contributed by atoms with E-state index in [1.54, 1.807) is 17.4 Å². The number of hydrogen-bond acceptors (Lipinski definition) is 3. The maximum atomic E-state index is 13.6. The van der Waals surface area contributed by atoms with Crippen molar-refractivity contribution in [1.29, 1.82) is 0 Å². The van der Waals surface area contributed by atoms with Gasteiger partial charge in [0, 0.05) is 18.0 Å². The van der Waals surface area contributed by atoms with Crippen molar-refractivity contribution in [2.24, 2.45) is 0 Å². The molecule has 0 spiro atoms. The van der Waals surface area contributed by atoms with Crippen LogP contribution in [0.15, 0.2) is 29.6 Å². The molecule has 2 nitrogen and oxygen atoms in total. The standard InChI is InChI=1S/C15H18FNOS/c1-11-6-7-19-15(11)10-17(2)9-12-4-5-14(18-3)13(16)8-12/h4-8H,9-10H2,1-3H3. The number of ether oxygens (including phenoxy) is 1. The molecule has 19 heavy (non-hydrogen) atoms. The third-order valence-electron chi connectivity index (χ3n) is 3.05. The molecule has 0 bridgehead atoms. The lowest BCUT2D eigenvalue weighted by atomic mass is 10.2. The van der Waals surface area contributed by atoms with Crippen LogP contribution in [0, 0.1) is 12.7 Å². The summed E-state index contributed by atoms with van der Waals surface area (Å²) >= 11 is 1.76. The number of hydrogen-bond donors (Lipinski definition) is 0. The molecule has 2 aromatic rings. The summed E-state index contributed by atoms with van der Waals surface area (Å²) in [4.78, 5) is 3.54. The van der Waals surface area contributed by atoms with Gasteiger partial charge in [0.15, 0.2) is 11.6 Å². The Hall–Kier alpha value is -1.39. The second-order valence-electron chi connectivity index (χ2n) is 4.67. The third kappa shape index (κ3) is 3.55. The first-order chi connectivity index (χ1) is 9.10. The molecular weight excluding hydrogens is 261 g/mol. The fourth-order valence-electron chi connectivity index (χ4n) is 1.99. The van der Waals surface area contributed by atoms with Gasteiger partial charge in [-0.1, -0.05) is 6.07 Å². The molecule has 1 heterocycles. The number of thiophene rings is 1. The highest BCUT2D eigenvalue weighted by Crippen LogP contribution is 2.21. The van der Waals surface area contributed by atoms with Gasteiger partial charge in [0.25, 0.3) is 0 Å². The second-order valence-corrected chi connectivity index (χ2v) is 5.67. The van der Waals surface area contributed by atoms with Crippen molar-refractivity contribution in [1.82, 2.24) is 4.90 Å². The van der Waals surface area contributed by atoms with Crippen molar-refractivity contribution >= 4 is 11.3 Å². The highest BCUT2D eigenvalue weighted by molar-refractivity contribution is 7.10. The molecule has 0 radical (unpaired) electrons. The summed E-state index contributed by atoms with van der Waals surface area (Å²) in [5.74, 6) is -0.0128. The average molecular weight is 279 g/mol. The molecule has 0 unspecified atom stereocenters. The Labute approximate surface area is 117 Å². The van der Waals surface area contributed by atoms with Crippen molar-refractivity contribution in [3.63, 3.8) is 0 Å². The van der Waals surface area contributed by atoms with E-state index in [9.17, 15) is 4.39 Å². The van der Waals surface area contributed by atoms with Gasteiger partial charge in [-0.2, -0.15) is 0 Å². The number of methoxy groups -OCH3 is 1. The van der Waals surface area contributed by atoms with E-state index in [1.165, 1.54) is 23.6 Å². The molecule has 0 aliphatic heterocycles. The molecule has 0 saturated heterocycles. The molecule has 1 aromatic carbocycles. The highest BCUT2D eigenvalue weighted by atomic mass is 32.1. The maximum Gasteiger partial charge on any atom is 0.165 e. The largest absolute Gasteiger partial charge is 0.494 e. The predicted octanol–water partition coefficient (Wildman–Crippen LogP) is 3.84. The van der Waals surface area contributed by atoms with Gasteiger partial charge >= 0.3 is 0 Å². The van der Waals surface area contributed by atoms with E-state index in [0.29, 0.717) is 5.75 Å². The summed E-state index contributed by atoms with van der Waals surface area (Å²) in [7, 11) is 3.52. The van der Waals surface area contributed by atoms with Gasteiger partial charge in [-0.25, -0.2) is 4.39 Å². The van der Waals surface area contributed by atoms with Crippen LogP contribution in [0.25, 0.3) is 0 Å². The Kier molecular flexibility index (Phi) is 4.56. The van der Waals surface area contributed by atoms with E-state index in [2.05, 4.69) is 23.3 Å². The quantitative estimate of drug-likeness (QED) is 0.824. The summed E-state index contributed by atoms with van der Waals surface area (Å²) in [6.07, 6.45) is 0. The number of rotatable bonds is 5. The molecule has 0 aliphatic rings. The molecule has 2 rings (SSSR count). The summed E-state index contributed by atoms with van der Waals surface area (Å²) in [5, 5.41) is 2.10. The van der Waals surface area contributed by atoms with Crippen LogP contribution in [-0.4, -0.2) is 19.1 Å².